The Bertz CT molecular complexity index is 1030. The van der Waals surface area contributed by atoms with Crippen molar-refractivity contribution in [3.05, 3.63) is 29.0 Å². The number of ether oxygens (including phenoxy) is 2. The summed E-state index contributed by atoms with van der Waals surface area (Å²) in [5.41, 5.74) is 3.64. The molecule has 0 spiro atoms. The highest BCUT2D eigenvalue weighted by molar-refractivity contribution is 6.48. The van der Waals surface area contributed by atoms with Gasteiger partial charge in [-0.05, 0) is 88.9 Å². The van der Waals surface area contributed by atoms with Gasteiger partial charge in [-0.1, -0.05) is 32.0 Å². The number of aromatic nitrogens is 1. The van der Waals surface area contributed by atoms with E-state index in [-0.39, 0.29) is 17.6 Å². The van der Waals surface area contributed by atoms with Crippen molar-refractivity contribution in [1.82, 2.24) is 10.1 Å². The molecule has 0 saturated carbocycles. The van der Waals surface area contributed by atoms with Crippen LogP contribution >= 0.6 is 0 Å². The van der Waals surface area contributed by atoms with Gasteiger partial charge < -0.3 is 23.3 Å². The minimum absolute atomic E-state index is 0.0788. The van der Waals surface area contributed by atoms with Crippen molar-refractivity contribution in [1.29, 1.82) is 0 Å². The fourth-order valence-electron chi connectivity index (χ4n) is 4.99. The maximum atomic E-state index is 12.4. The molecule has 0 N–H and O–H groups in total. The molecule has 0 aliphatic carbocycles. The summed E-state index contributed by atoms with van der Waals surface area (Å²) in [4.78, 5) is 14.2. The highest BCUT2D eigenvalue weighted by Gasteiger charge is 2.34. The third-order valence-corrected chi connectivity index (χ3v) is 7.58. The van der Waals surface area contributed by atoms with Crippen LogP contribution in [0.3, 0.4) is 0 Å². The Morgan fingerprint density at radius 2 is 1.81 bits per heavy atom. The van der Waals surface area contributed by atoms with Gasteiger partial charge in [-0.25, -0.2) is 4.79 Å². The Morgan fingerprint density at radius 1 is 1.14 bits per heavy atom. The van der Waals surface area contributed by atoms with Gasteiger partial charge in [-0.2, -0.15) is 0 Å². The van der Waals surface area contributed by atoms with Crippen molar-refractivity contribution in [2.75, 3.05) is 26.8 Å². The van der Waals surface area contributed by atoms with Crippen LogP contribution < -0.4 is 0 Å². The Labute approximate surface area is 224 Å². The molecule has 8 heteroatoms. The van der Waals surface area contributed by atoms with Gasteiger partial charge in [-0.15, -0.1) is 0 Å². The zero-order valence-electron chi connectivity index (χ0n) is 24.4. The number of hydrogen-bond donors (Lipinski definition) is 0. The van der Waals surface area contributed by atoms with Crippen LogP contribution in [0.5, 0.6) is 0 Å². The van der Waals surface area contributed by atoms with Gasteiger partial charge in [0.2, 0.25) is 9.04 Å². The second kappa shape index (κ2) is 12.3. The van der Waals surface area contributed by atoms with Crippen LogP contribution in [0.25, 0.3) is 11.0 Å². The summed E-state index contributed by atoms with van der Waals surface area (Å²) in [6.07, 6.45) is 4.38. The number of likely N-dealkylation sites (tertiary alicyclic amines) is 1. The van der Waals surface area contributed by atoms with E-state index in [2.05, 4.69) is 51.2 Å². The molecule has 1 unspecified atom stereocenters. The Hall–Kier alpha value is -1.90. The third kappa shape index (κ3) is 8.04. The van der Waals surface area contributed by atoms with E-state index in [1.54, 1.807) is 7.11 Å². The highest BCUT2D eigenvalue weighted by Crippen LogP contribution is 2.42. The number of carbonyl (C=O) groups is 1. The minimum Gasteiger partial charge on any atom is -0.444 e. The minimum atomic E-state index is -0.936. The summed E-state index contributed by atoms with van der Waals surface area (Å²) in [7, 11) is 0.800. The fraction of sp³-hybridized carbons (Fsp3) is 0.724. The second-order valence-electron chi connectivity index (χ2n) is 12.6. The zero-order chi connectivity index (χ0) is 27.4. The number of nitrogens with zero attached hydrogens (tertiary/aromatic N) is 2. The van der Waals surface area contributed by atoms with Crippen molar-refractivity contribution in [3.8, 4) is 0 Å². The number of piperidine rings is 1. The van der Waals surface area contributed by atoms with Crippen molar-refractivity contribution in [3.63, 3.8) is 0 Å². The fourth-order valence-corrected chi connectivity index (χ4v) is 5.93. The van der Waals surface area contributed by atoms with E-state index < -0.39 is 14.6 Å². The Kier molecular flexibility index (Phi) is 9.86. The lowest BCUT2D eigenvalue weighted by atomic mass is 9.81. The Morgan fingerprint density at radius 3 is 2.38 bits per heavy atom. The SMILES string of the molecule is COCCc1ccc2c(CCC3CCN(C(=O)OC(C)(C)C)CC3)noc2c1C(O[Si](C)C)C(C)(C)C. The number of rotatable bonds is 9. The number of hydrogen-bond acceptors (Lipinski definition) is 6. The average Bonchev–Trinajstić information content (AvgIpc) is 3.21. The predicted octanol–water partition coefficient (Wildman–Crippen LogP) is 6.95. The first-order valence-electron chi connectivity index (χ1n) is 13.6. The van der Waals surface area contributed by atoms with Crippen LogP contribution in [0.1, 0.15) is 83.7 Å². The monoisotopic (exact) mass is 531 g/mol. The Balaban J connectivity index is 1.77. The summed E-state index contributed by atoms with van der Waals surface area (Å²) in [6, 6.07) is 4.36. The summed E-state index contributed by atoms with van der Waals surface area (Å²) >= 11 is 0. The molecule has 1 aromatic carbocycles. The molecule has 207 valence electrons. The van der Waals surface area contributed by atoms with Crippen LogP contribution in [-0.2, 0) is 26.7 Å². The van der Waals surface area contributed by atoms with E-state index in [1.165, 1.54) is 5.56 Å². The standard InChI is InChI=1S/C29H47N2O5Si/c1-28(2,3)26(36-37(8)9)24-21(16-19-33-7)11-12-22-23(30-35-25(22)24)13-10-20-14-17-31(18-15-20)27(32)34-29(4,5)6/h11-12,20,26H,10,13-19H2,1-9H3. The summed E-state index contributed by atoms with van der Waals surface area (Å²) in [6.45, 7) is 18.9. The normalized spacial score (nSPS) is 16.5. The van der Waals surface area contributed by atoms with Crippen LogP contribution in [0.15, 0.2) is 16.7 Å². The van der Waals surface area contributed by atoms with Gasteiger partial charge in [-0.3, -0.25) is 0 Å². The van der Waals surface area contributed by atoms with Crippen LogP contribution in [-0.4, -0.2) is 57.6 Å². The van der Waals surface area contributed by atoms with Gasteiger partial charge in [0.05, 0.1) is 18.4 Å². The van der Waals surface area contributed by atoms with E-state index >= 15 is 0 Å². The maximum absolute atomic E-state index is 12.4. The number of amides is 1. The molecule has 1 saturated heterocycles. The molecule has 1 aliphatic rings. The lowest BCUT2D eigenvalue weighted by Crippen LogP contribution is -2.41. The lowest BCUT2D eigenvalue weighted by molar-refractivity contribution is 0.0181. The first-order valence-corrected chi connectivity index (χ1v) is 16.0. The maximum Gasteiger partial charge on any atom is 0.410 e. The molecule has 3 rings (SSSR count). The predicted molar refractivity (Wildman–Crippen MR) is 149 cm³/mol. The van der Waals surface area contributed by atoms with E-state index in [0.717, 1.165) is 67.4 Å². The van der Waals surface area contributed by atoms with Gasteiger partial charge in [0.15, 0.2) is 5.58 Å². The van der Waals surface area contributed by atoms with Gasteiger partial charge in [0.25, 0.3) is 0 Å². The van der Waals surface area contributed by atoms with Gasteiger partial charge >= 0.3 is 6.09 Å². The first-order chi connectivity index (χ1) is 17.3. The lowest BCUT2D eigenvalue weighted by Gasteiger charge is -2.34. The van der Waals surface area contributed by atoms with E-state index in [1.807, 2.05) is 25.7 Å². The molecule has 37 heavy (non-hydrogen) atoms. The number of aryl methyl sites for hydroxylation is 1. The van der Waals surface area contributed by atoms with Gasteiger partial charge in [0.1, 0.15) is 5.60 Å². The van der Waals surface area contributed by atoms with E-state index in [4.69, 9.17) is 18.4 Å². The highest BCUT2D eigenvalue weighted by atomic mass is 28.3. The molecule has 1 amide bonds. The molecular weight excluding hydrogens is 484 g/mol. The summed E-state index contributed by atoms with van der Waals surface area (Å²) in [5, 5.41) is 5.64. The molecule has 1 fully saturated rings. The van der Waals surface area contributed by atoms with Crippen molar-refractivity contribution in [2.45, 2.75) is 98.4 Å². The van der Waals surface area contributed by atoms with Crippen LogP contribution in [0, 0.1) is 11.3 Å². The number of methoxy groups -OCH3 is 1. The number of benzene rings is 1. The van der Waals surface area contributed by atoms with Gasteiger partial charge in [0, 0.05) is 31.1 Å². The molecule has 7 nitrogen and oxygen atoms in total. The molecule has 0 bridgehead atoms. The van der Waals surface area contributed by atoms with Crippen molar-refractivity contribution < 1.29 is 23.2 Å². The zero-order valence-corrected chi connectivity index (χ0v) is 25.4. The smallest absolute Gasteiger partial charge is 0.410 e. The second-order valence-corrected chi connectivity index (χ2v) is 14.7. The molecule has 1 atom stereocenters. The molecule has 2 heterocycles. The third-order valence-electron chi connectivity index (χ3n) is 6.88. The molecular formula is C29H47N2O5Si. The van der Waals surface area contributed by atoms with Crippen LogP contribution in [0.2, 0.25) is 13.1 Å². The molecule has 1 aromatic heterocycles. The molecule has 1 radical (unpaired) electrons. The van der Waals surface area contributed by atoms with E-state index in [0.29, 0.717) is 12.5 Å². The molecule has 2 aromatic rings. The number of carbonyl (C=O) groups excluding carboxylic acids is 1. The summed E-state index contributed by atoms with van der Waals surface area (Å²) < 4.78 is 23.6. The largest absolute Gasteiger partial charge is 0.444 e. The van der Waals surface area contributed by atoms with E-state index in [9.17, 15) is 4.79 Å². The summed E-state index contributed by atoms with van der Waals surface area (Å²) in [5.74, 6) is 0.557. The van der Waals surface area contributed by atoms with Crippen molar-refractivity contribution in [2.24, 2.45) is 11.3 Å². The topological polar surface area (TPSA) is 74.0 Å². The van der Waals surface area contributed by atoms with Crippen molar-refractivity contribution >= 4 is 26.1 Å². The number of fused-ring (bicyclic) bond motifs is 1. The van der Waals surface area contributed by atoms with Crippen LogP contribution in [0.4, 0.5) is 4.79 Å². The quantitative estimate of drug-likeness (QED) is 0.326. The molecule has 1 aliphatic heterocycles. The average molecular weight is 532 g/mol. The first kappa shape index (κ1) is 29.6.